The lowest BCUT2D eigenvalue weighted by molar-refractivity contribution is 0.102. The zero-order valence-corrected chi connectivity index (χ0v) is 15.5. The third kappa shape index (κ3) is 3.26. The number of carbonyl (C=O) groups is 1. The van der Waals surface area contributed by atoms with Crippen LogP contribution in [0.25, 0.3) is 5.69 Å². The fraction of sp³-hybridized carbons (Fsp3) is 0.238. The summed E-state index contributed by atoms with van der Waals surface area (Å²) < 4.78 is 12.5. The number of amides is 1. The van der Waals surface area contributed by atoms with Gasteiger partial charge in [-0.2, -0.15) is 5.10 Å². The van der Waals surface area contributed by atoms with E-state index in [0.29, 0.717) is 22.7 Å². The third-order valence-electron chi connectivity index (χ3n) is 4.51. The fourth-order valence-corrected chi connectivity index (χ4v) is 3.15. The van der Waals surface area contributed by atoms with E-state index < -0.39 is 0 Å². The average molecular weight is 363 g/mol. The summed E-state index contributed by atoms with van der Waals surface area (Å²) in [4.78, 5) is 12.9. The second-order valence-electron chi connectivity index (χ2n) is 6.87. The summed E-state index contributed by atoms with van der Waals surface area (Å²) in [5.41, 5.74) is 4.20. The summed E-state index contributed by atoms with van der Waals surface area (Å²) in [6.45, 7) is 6.35. The number of aromatic nitrogens is 2. The van der Waals surface area contributed by atoms with Gasteiger partial charge < -0.3 is 14.8 Å². The topological polar surface area (TPSA) is 65.4 Å². The van der Waals surface area contributed by atoms with Gasteiger partial charge in [-0.05, 0) is 37.1 Å². The summed E-state index contributed by atoms with van der Waals surface area (Å²) in [5, 5.41) is 7.40. The molecule has 0 saturated carbocycles. The van der Waals surface area contributed by atoms with Crippen molar-refractivity contribution in [3.63, 3.8) is 0 Å². The van der Waals surface area contributed by atoms with Gasteiger partial charge in [-0.25, -0.2) is 4.68 Å². The minimum atomic E-state index is -0.198. The van der Waals surface area contributed by atoms with Crippen molar-refractivity contribution in [2.45, 2.75) is 26.7 Å². The number of rotatable bonds is 4. The smallest absolute Gasteiger partial charge is 0.259 e. The van der Waals surface area contributed by atoms with E-state index in [2.05, 4.69) is 24.3 Å². The second kappa shape index (κ2) is 6.79. The van der Waals surface area contributed by atoms with Gasteiger partial charge in [0.25, 0.3) is 5.91 Å². The van der Waals surface area contributed by atoms with E-state index >= 15 is 0 Å². The number of ether oxygens (including phenoxy) is 2. The molecule has 2 heterocycles. The molecule has 138 valence electrons. The molecule has 0 unspecified atom stereocenters. The number of carbonyl (C=O) groups excluding carboxylic acids is 1. The van der Waals surface area contributed by atoms with E-state index in [0.717, 1.165) is 11.4 Å². The lowest BCUT2D eigenvalue weighted by Gasteiger charge is -2.13. The van der Waals surface area contributed by atoms with Crippen molar-refractivity contribution in [2.75, 3.05) is 12.1 Å². The number of benzene rings is 2. The van der Waals surface area contributed by atoms with Gasteiger partial charge in [-0.15, -0.1) is 0 Å². The standard InChI is InChI=1S/C21H21N3O3/c1-13(2)20-17(11-22-24(20)16-7-4-14(3)5-8-16)21(25)23-15-6-9-18-19(10-15)27-12-26-18/h4-11,13H,12H2,1-3H3,(H,23,25). The molecule has 4 rings (SSSR count). The van der Waals surface area contributed by atoms with Crippen molar-refractivity contribution in [3.8, 4) is 17.2 Å². The highest BCUT2D eigenvalue weighted by atomic mass is 16.7. The van der Waals surface area contributed by atoms with Crippen molar-refractivity contribution in [1.29, 1.82) is 0 Å². The van der Waals surface area contributed by atoms with Gasteiger partial charge in [0.15, 0.2) is 11.5 Å². The Labute approximate surface area is 157 Å². The molecule has 0 aliphatic carbocycles. The van der Waals surface area contributed by atoms with Crippen LogP contribution in [0.15, 0.2) is 48.7 Å². The zero-order valence-electron chi connectivity index (χ0n) is 15.5. The maximum Gasteiger partial charge on any atom is 0.259 e. The molecule has 27 heavy (non-hydrogen) atoms. The maximum absolute atomic E-state index is 12.9. The van der Waals surface area contributed by atoms with Gasteiger partial charge in [0, 0.05) is 11.8 Å². The van der Waals surface area contributed by atoms with E-state index in [-0.39, 0.29) is 18.6 Å². The van der Waals surface area contributed by atoms with Crippen molar-refractivity contribution in [2.24, 2.45) is 0 Å². The summed E-state index contributed by atoms with van der Waals surface area (Å²) in [6.07, 6.45) is 1.62. The van der Waals surface area contributed by atoms with Gasteiger partial charge in [0.1, 0.15) is 0 Å². The molecule has 2 aromatic carbocycles. The second-order valence-corrected chi connectivity index (χ2v) is 6.87. The molecule has 0 radical (unpaired) electrons. The SMILES string of the molecule is Cc1ccc(-n2ncc(C(=O)Nc3ccc4c(c3)OCO4)c2C(C)C)cc1. The molecule has 0 spiro atoms. The van der Waals surface area contributed by atoms with E-state index in [1.54, 1.807) is 24.4 Å². The summed E-state index contributed by atoms with van der Waals surface area (Å²) in [6, 6.07) is 13.4. The van der Waals surface area contributed by atoms with Crippen LogP contribution in [0.3, 0.4) is 0 Å². The van der Waals surface area contributed by atoms with Crippen molar-refractivity contribution < 1.29 is 14.3 Å². The first-order valence-corrected chi connectivity index (χ1v) is 8.89. The molecule has 0 saturated heterocycles. The van der Waals surface area contributed by atoms with Gasteiger partial charge >= 0.3 is 0 Å². The first kappa shape index (κ1) is 17.1. The van der Waals surface area contributed by atoms with Gasteiger partial charge in [0.2, 0.25) is 6.79 Å². The number of anilines is 1. The molecule has 0 atom stereocenters. The van der Waals surface area contributed by atoms with Crippen molar-refractivity contribution in [3.05, 3.63) is 65.5 Å². The molecule has 1 aliphatic rings. The Bertz CT molecular complexity index is 990. The van der Waals surface area contributed by atoms with E-state index in [9.17, 15) is 4.79 Å². The molecule has 0 fully saturated rings. The zero-order chi connectivity index (χ0) is 19.0. The molecule has 3 aromatic rings. The summed E-state index contributed by atoms with van der Waals surface area (Å²) in [5.74, 6) is 1.25. The Morgan fingerprint density at radius 1 is 1.11 bits per heavy atom. The number of hydrogen-bond donors (Lipinski definition) is 1. The number of nitrogens with zero attached hydrogens (tertiary/aromatic N) is 2. The van der Waals surface area contributed by atoms with Gasteiger partial charge in [-0.3, -0.25) is 4.79 Å². The van der Waals surface area contributed by atoms with Crippen LogP contribution in [0, 0.1) is 6.92 Å². The van der Waals surface area contributed by atoms with E-state index in [1.165, 1.54) is 5.56 Å². The van der Waals surface area contributed by atoms with Crippen LogP contribution in [0.1, 0.15) is 41.4 Å². The predicted molar refractivity (Wildman–Crippen MR) is 103 cm³/mol. The Kier molecular flexibility index (Phi) is 4.32. The highest BCUT2D eigenvalue weighted by Crippen LogP contribution is 2.34. The van der Waals surface area contributed by atoms with Crippen LogP contribution in [0.4, 0.5) is 5.69 Å². The van der Waals surface area contributed by atoms with Gasteiger partial charge in [0.05, 0.1) is 23.1 Å². The first-order chi connectivity index (χ1) is 13.0. The molecule has 1 aromatic heterocycles. The minimum absolute atomic E-state index is 0.131. The molecule has 6 heteroatoms. The lowest BCUT2D eigenvalue weighted by Crippen LogP contribution is -2.15. The van der Waals surface area contributed by atoms with Crippen molar-refractivity contribution >= 4 is 11.6 Å². The first-order valence-electron chi connectivity index (χ1n) is 8.89. The number of aryl methyl sites for hydroxylation is 1. The normalized spacial score (nSPS) is 12.4. The summed E-state index contributed by atoms with van der Waals surface area (Å²) in [7, 11) is 0. The highest BCUT2D eigenvalue weighted by Gasteiger charge is 2.22. The van der Waals surface area contributed by atoms with E-state index in [4.69, 9.17) is 9.47 Å². The lowest BCUT2D eigenvalue weighted by atomic mass is 10.0. The van der Waals surface area contributed by atoms with Crippen molar-refractivity contribution in [1.82, 2.24) is 9.78 Å². The van der Waals surface area contributed by atoms with Gasteiger partial charge in [-0.1, -0.05) is 31.5 Å². The fourth-order valence-electron chi connectivity index (χ4n) is 3.15. The highest BCUT2D eigenvalue weighted by molar-refractivity contribution is 6.05. The third-order valence-corrected chi connectivity index (χ3v) is 4.51. The molecular weight excluding hydrogens is 342 g/mol. The number of nitrogens with one attached hydrogen (secondary N) is 1. The Morgan fingerprint density at radius 2 is 1.85 bits per heavy atom. The molecule has 1 amide bonds. The van der Waals surface area contributed by atoms with Crippen LogP contribution >= 0.6 is 0 Å². The Morgan fingerprint density at radius 3 is 2.59 bits per heavy atom. The monoisotopic (exact) mass is 363 g/mol. The molecule has 1 aliphatic heterocycles. The maximum atomic E-state index is 12.9. The Hall–Kier alpha value is -3.28. The minimum Gasteiger partial charge on any atom is -0.454 e. The molecular formula is C21H21N3O3. The van der Waals surface area contributed by atoms with Crippen LogP contribution in [0.2, 0.25) is 0 Å². The number of fused-ring (bicyclic) bond motifs is 1. The quantitative estimate of drug-likeness (QED) is 0.751. The Balaban J connectivity index is 1.65. The molecule has 6 nitrogen and oxygen atoms in total. The molecule has 0 bridgehead atoms. The predicted octanol–water partition coefficient (Wildman–Crippen LogP) is 4.29. The van der Waals surface area contributed by atoms with Crippen LogP contribution in [-0.4, -0.2) is 22.5 Å². The van der Waals surface area contributed by atoms with Crippen LogP contribution < -0.4 is 14.8 Å². The summed E-state index contributed by atoms with van der Waals surface area (Å²) >= 11 is 0. The van der Waals surface area contributed by atoms with Crippen LogP contribution in [0.5, 0.6) is 11.5 Å². The van der Waals surface area contributed by atoms with Crippen LogP contribution in [-0.2, 0) is 0 Å². The van der Waals surface area contributed by atoms with E-state index in [1.807, 2.05) is 35.9 Å². The largest absolute Gasteiger partial charge is 0.454 e. The molecule has 1 N–H and O–H groups in total. The number of hydrogen-bond acceptors (Lipinski definition) is 4. The average Bonchev–Trinajstić information content (AvgIpc) is 3.28.